The van der Waals surface area contributed by atoms with Crippen molar-refractivity contribution >= 4 is 11.4 Å². The Morgan fingerprint density at radius 1 is 1.00 bits per heavy atom. The zero-order valence-corrected chi connectivity index (χ0v) is 12.6. The number of hydrogen-bond donors (Lipinski definition) is 2. The molecule has 0 aliphatic heterocycles. The lowest BCUT2D eigenvalue weighted by molar-refractivity contribution is 0.355. The van der Waals surface area contributed by atoms with E-state index in [4.69, 9.17) is 15.2 Å². The van der Waals surface area contributed by atoms with Crippen molar-refractivity contribution < 1.29 is 9.47 Å². The molecule has 0 atom stereocenters. The number of methoxy groups -OCH3 is 2. The third-order valence-corrected chi connectivity index (χ3v) is 3.36. The molecule has 2 rings (SSSR count). The Bertz CT molecular complexity index is 571. The van der Waals surface area contributed by atoms with E-state index in [2.05, 4.69) is 29.6 Å². The summed E-state index contributed by atoms with van der Waals surface area (Å²) >= 11 is 0. The van der Waals surface area contributed by atoms with Crippen molar-refractivity contribution in [1.29, 1.82) is 0 Å². The Kier molecular flexibility index (Phi) is 5.32. The smallest absolute Gasteiger partial charge is 0.162 e. The molecular formula is C17H22N2O2. The summed E-state index contributed by atoms with van der Waals surface area (Å²) in [6.07, 6.45) is 2.08. The third kappa shape index (κ3) is 4.05. The first-order valence-corrected chi connectivity index (χ1v) is 7.04. The molecule has 112 valence electrons. The standard InChI is InChI=1S/C17H22N2O2/c1-20-16-11-14(18)15(12-17(16)21-2)19-10-6-9-13-7-4-3-5-8-13/h3-5,7-8,11-12,19H,6,9-10,18H2,1-2H3. The summed E-state index contributed by atoms with van der Waals surface area (Å²) in [5.41, 5.74) is 8.90. The normalized spacial score (nSPS) is 10.2. The van der Waals surface area contributed by atoms with E-state index in [0.717, 1.165) is 25.1 Å². The van der Waals surface area contributed by atoms with Gasteiger partial charge in [-0.25, -0.2) is 0 Å². The minimum absolute atomic E-state index is 0.643. The number of hydrogen-bond acceptors (Lipinski definition) is 4. The van der Waals surface area contributed by atoms with Crippen molar-refractivity contribution in [2.45, 2.75) is 12.8 Å². The van der Waals surface area contributed by atoms with Crippen LogP contribution in [0.5, 0.6) is 11.5 Å². The molecular weight excluding hydrogens is 264 g/mol. The molecule has 2 aromatic rings. The average Bonchev–Trinajstić information content (AvgIpc) is 2.53. The zero-order valence-electron chi connectivity index (χ0n) is 12.6. The lowest BCUT2D eigenvalue weighted by atomic mass is 10.1. The number of nitrogens with two attached hydrogens (primary N) is 1. The lowest BCUT2D eigenvalue weighted by Crippen LogP contribution is -2.06. The van der Waals surface area contributed by atoms with Crippen LogP contribution >= 0.6 is 0 Å². The second-order valence-corrected chi connectivity index (χ2v) is 4.81. The highest BCUT2D eigenvalue weighted by Gasteiger charge is 2.08. The maximum atomic E-state index is 6.02. The minimum Gasteiger partial charge on any atom is -0.493 e. The highest BCUT2D eigenvalue weighted by molar-refractivity contribution is 5.72. The molecule has 0 unspecified atom stereocenters. The molecule has 0 amide bonds. The van der Waals surface area contributed by atoms with Gasteiger partial charge in [0.1, 0.15) is 0 Å². The van der Waals surface area contributed by atoms with Gasteiger partial charge < -0.3 is 20.5 Å². The van der Waals surface area contributed by atoms with Gasteiger partial charge in [0.2, 0.25) is 0 Å². The van der Waals surface area contributed by atoms with Gasteiger partial charge >= 0.3 is 0 Å². The lowest BCUT2D eigenvalue weighted by Gasteiger charge is -2.14. The number of nitrogen functional groups attached to an aromatic ring is 1. The van der Waals surface area contributed by atoms with E-state index in [1.807, 2.05) is 12.1 Å². The largest absolute Gasteiger partial charge is 0.493 e. The molecule has 0 saturated carbocycles. The summed E-state index contributed by atoms with van der Waals surface area (Å²) in [4.78, 5) is 0. The first-order valence-electron chi connectivity index (χ1n) is 7.04. The van der Waals surface area contributed by atoms with E-state index in [0.29, 0.717) is 17.2 Å². The molecule has 0 bridgehead atoms. The Morgan fingerprint density at radius 2 is 1.67 bits per heavy atom. The van der Waals surface area contributed by atoms with Crippen LogP contribution in [0.3, 0.4) is 0 Å². The number of ether oxygens (including phenoxy) is 2. The number of anilines is 2. The maximum absolute atomic E-state index is 6.02. The van der Waals surface area contributed by atoms with Crippen LogP contribution in [0.15, 0.2) is 42.5 Å². The highest BCUT2D eigenvalue weighted by atomic mass is 16.5. The van der Waals surface area contributed by atoms with E-state index in [-0.39, 0.29) is 0 Å². The van der Waals surface area contributed by atoms with Crippen molar-refractivity contribution in [3.8, 4) is 11.5 Å². The summed E-state index contributed by atoms with van der Waals surface area (Å²) in [5, 5.41) is 3.35. The SMILES string of the molecule is COc1cc(N)c(NCCCc2ccccc2)cc1OC. The Balaban J connectivity index is 1.91. The summed E-state index contributed by atoms with van der Waals surface area (Å²) in [6, 6.07) is 14.1. The number of aryl methyl sites for hydroxylation is 1. The predicted molar refractivity (Wildman–Crippen MR) is 87.2 cm³/mol. The van der Waals surface area contributed by atoms with E-state index in [1.165, 1.54) is 5.56 Å². The number of nitrogens with one attached hydrogen (secondary N) is 1. The number of benzene rings is 2. The fraction of sp³-hybridized carbons (Fsp3) is 0.294. The van der Waals surface area contributed by atoms with Crippen molar-refractivity contribution in [3.63, 3.8) is 0 Å². The molecule has 0 spiro atoms. The van der Waals surface area contributed by atoms with Gasteiger partial charge in [-0.05, 0) is 18.4 Å². The molecule has 0 saturated heterocycles. The minimum atomic E-state index is 0.643. The quantitative estimate of drug-likeness (QED) is 0.605. The van der Waals surface area contributed by atoms with Crippen molar-refractivity contribution in [2.75, 3.05) is 31.8 Å². The van der Waals surface area contributed by atoms with Gasteiger partial charge in [-0.2, -0.15) is 0 Å². The molecule has 2 aromatic carbocycles. The van der Waals surface area contributed by atoms with Crippen LogP contribution in [0.2, 0.25) is 0 Å². The van der Waals surface area contributed by atoms with Crippen LogP contribution in [-0.4, -0.2) is 20.8 Å². The van der Waals surface area contributed by atoms with Crippen LogP contribution in [0.1, 0.15) is 12.0 Å². The molecule has 3 N–H and O–H groups in total. The topological polar surface area (TPSA) is 56.5 Å². The van der Waals surface area contributed by atoms with Gasteiger partial charge in [-0.3, -0.25) is 0 Å². The zero-order chi connectivity index (χ0) is 15.1. The molecule has 0 fully saturated rings. The molecule has 4 nitrogen and oxygen atoms in total. The van der Waals surface area contributed by atoms with Crippen LogP contribution in [0.25, 0.3) is 0 Å². The van der Waals surface area contributed by atoms with E-state index < -0.39 is 0 Å². The van der Waals surface area contributed by atoms with E-state index in [9.17, 15) is 0 Å². The van der Waals surface area contributed by atoms with Gasteiger partial charge in [-0.1, -0.05) is 30.3 Å². The van der Waals surface area contributed by atoms with E-state index in [1.54, 1.807) is 20.3 Å². The molecule has 0 radical (unpaired) electrons. The molecule has 0 aliphatic carbocycles. The monoisotopic (exact) mass is 286 g/mol. The fourth-order valence-electron chi connectivity index (χ4n) is 2.21. The Morgan fingerprint density at radius 3 is 2.33 bits per heavy atom. The maximum Gasteiger partial charge on any atom is 0.162 e. The Hall–Kier alpha value is -2.36. The van der Waals surface area contributed by atoms with Gasteiger partial charge in [0.25, 0.3) is 0 Å². The molecule has 4 heteroatoms. The fourth-order valence-corrected chi connectivity index (χ4v) is 2.21. The molecule has 0 heterocycles. The van der Waals surface area contributed by atoms with Crippen molar-refractivity contribution in [2.24, 2.45) is 0 Å². The van der Waals surface area contributed by atoms with Gasteiger partial charge in [0.15, 0.2) is 11.5 Å². The highest BCUT2D eigenvalue weighted by Crippen LogP contribution is 2.34. The van der Waals surface area contributed by atoms with Crippen molar-refractivity contribution in [3.05, 3.63) is 48.0 Å². The average molecular weight is 286 g/mol. The summed E-state index contributed by atoms with van der Waals surface area (Å²) in [5.74, 6) is 1.32. The third-order valence-electron chi connectivity index (χ3n) is 3.36. The number of rotatable bonds is 7. The van der Waals surface area contributed by atoms with Gasteiger partial charge in [0, 0.05) is 18.7 Å². The summed E-state index contributed by atoms with van der Waals surface area (Å²) in [7, 11) is 3.22. The first kappa shape index (κ1) is 15.0. The van der Waals surface area contributed by atoms with Crippen LogP contribution in [0.4, 0.5) is 11.4 Å². The molecule has 0 aliphatic rings. The predicted octanol–water partition coefficient (Wildman–Crippen LogP) is 3.33. The Labute approximate surface area is 125 Å². The summed E-state index contributed by atoms with van der Waals surface area (Å²) < 4.78 is 10.5. The van der Waals surface area contributed by atoms with Crippen LogP contribution in [-0.2, 0) is 6.42 Å². The second-order valence-electron chi connectivity index (χ2n) is 4.81. The van der Waals surface area contributed by atoms with Gasteiger partial charge in [0.05, 0.1) is 25.6 Å². The summed E-state index contributed by atoms with van der Waals surface area (Å²) in [6.45, 7) is 0.856. The first-order chi connectivity index (χ1) is 10.2. The van der Waals surface area contributed by atoms with E-state index >= 15 is 0 Å². The van der Waals surface area contributed by atoms with Crippen molar-refractivity contribution in [1.82, 2.24) is 0 Å². The second kappa shape index (κ2) is 7.43. The van der Waals surface area contributed by atoms with Crippen LogP contribution in [0, 0.1) is 0 Å². The molecule has 21 heavy (non-hydrogen) atoms. The van der Waals surface area contributed by atoms with Gasteiger partial charge in [-0.15, -0.1) is 0 Å². The van der Waals surface area contributed by atoms with Crippen LogP contribution < -0.4 is 20.5 Å². The molecule has 0 aromatic heterocycles.